The number of carboxylic acid groups (broad SMARTS) is 3. The van der Waals surface area contributed by atoms with Gasteiger partial charge in [0, 0.05) is 0 Å². The van der Waals surface area contributed by atoms with E-state index >= 15 is 0 Å². The third-order valence-corrected chi connectivity index (χ3v) is 1.46. The molecule has 0 aliphatic carbocycles. The Morgan fingerprint density at radius 2 is 1.28 bits per heavy atom. The summed E-state index contributed by atoms with van der Waals surface area (Å²) < 4.78 is 0. The van der Waals surface area contributed by atoms with Gasteiger partial charge in [0.15, 0.2) is 5.60 Å². The third kappa shape index (κ3) is 5.97. The van der Waals surface area contributed by atoms with Gasteiger partial charge in [-0.25, -0.2) is 0 Å². The molecule has 9 nitrogen and oxygen atoms in total. The summed E-state index contributed by atoms with van der Waals surface area (Å²) in [5.74, 6) is -10.6. The molecule has 2 atom stereocenters. The zero-order valence-corrected chi connectivity index (χ0v) is 15.8. The summed E-state index contributed by atoms with van der Waals surface area (Å²) in [5, 5.41) is 47.6. The minimum absolute atomic E-state index is 0. The van der Waals surface area contributed by atoms with Crippen LogP contribution in [-0.2, 0) is 19.2 Å². The summed E-state index contributed by atoms with van der Waals surface area (Å²) in [6.07, 6.45) is -3.28. The summed E-state index contributed by atoms with van der Waals surface area (Å²) in [5.41, 5.74) is -4.14. The first-order valence-electron chi connectivity index (χ1n) is 3.24. The number of aliphatic carboxylic acids is 3. The van der Waals surface area contributed by atoms with E-state index in [4.69, 9.17) is 10.2 Å². The summed E-state index contributed by atoms with van der Waals surface area (Å²) in [7, 11) is 0. The van der Waals surface area contributed by atoms with E-state index in [1.165, 1.54) is 0 Å². The Morgan fingerprint density at radius 1 is 0.944 bits per heavy atom. The Hall–Kier alpha value is 1.00. The van der Waals surface area contributed by atoms with Crippen molar-refractivity contribution in [1.29, 1.82) is 0 Å². The van der Waals surface area contributed by atoms with Crippen LogP contribution in [-0.4, -0.2) is 45.6 Å². The molecule has 2 unspecified atom stereocenters. The molecule has 0 saturated heterocycles. The van der Waals surface area contributed by atoms with Gasteiger partial charge in [-0.05, 0) is 0 Å². The molecule has 0 bridgehead atoms. The van der Waals surface area contributed by atoms with Crippen LogP contribution in [0.3, 0.4) is 0 Å². The summed E-state index contributed by atoms with van der Waals surface area (Å²) >= 11 is 0. The number of ketones is 1. The molecule has 84 valence electrons. The smallest absolute Gasteiger partial charge is 0.547 e. The number of Topliss-reactive ketones (excluding diaryl/α,β-unsaturated/α-hetero) is 1. The normalized spacial score (nSPS) is 13.4. The summed E-state index contributed by atoms with van der Waals surface area (Å²) in [6, 6.07) is 0. The Balaban J connectivity index is -0.000000327. The van der Waals surface area contributed by atoms with Crippen LogP contribution in [0.5, 0.6) is 0 Å². The maximum absolute atomic E-state index is 10.6. The molecule has 2 N–H and O–H groups in total. The van der Waals surface area contributed by atoms with Crippen molar-refractivity contribution in [2.24, 2.45) is 0 Å². The minimum Gasteiger partial charge on any atom is -0.547 e. The van der Waals surface area contributed by atoms with E-state index in [1.54, 1.807) is 0 Å². The number of hydrogen-bond acceptors (Lipinski definition) is 9. The van der Waals surface area contributed by atoms with E-state index in [-0.39, 0.29) is 88.7 Å². The molecule has 0 aromatic heterocycles. The summed E-state index contributed by atoms with van der Waals surface area (Å²) in [6.45, 7) is 0. The van der Waals surface area contributed by atoms with Gasteiger partial charge in [0.2, 0.25) is 5.78 Å². The van der Waals surface area contributed by atoms with Gasteiger partial charge in [-0.1, -0.05) is 0 Å². The van der Waals surface area contributed by atoms with Crippen LogP contribution in [0.2, 0.25) is 0 Å². The largest absolute Gasteiger partial charge is 1.00 e. The standard InChI is InChI=1S/C6H6O9.3Na/c7-1(3(9)10)6(15,5(13)14)2(8)4(11)12;;;/h1,7,15H,(H,9,10)(H,11,12)(H,13,14);;;/q;3*+1/p-3. The van der Waals surface area contributed by atoms with Crippen LogP contribution in [0.15, 0.2) is 0 Å². The van der Waals surface area contributed by atoms with Gasteiger partial charge in [0.05, 0.1) is 11.9 Å². The molecule has 0 aliphatic rings. The Morgan fingerprint density at radius 3 is 1.44 bits per heavy atom. The maximum atomic E-state index is 10.6. The number of carbonyl (C=O) groups is 4. The molecule has 0 heterocycles. The van der Waals surface area contributed by atoms with E-state index in [2.05, 4.69) is 0 Å². The molecule has 0 saturated carbocycles. The quantitative estimate of drug-likeness (QED) is 0.282. The van der Waals surface area contributed by atoms with Gasteiger partial charge >= 0.3 is 88.7 Å². The number of aliphatic hydroxyl groups excluding tert-OH is 1. The van der Waals surface area contributed by atoms with Crippen molar-refractivity contribution >= 4 is 23.7 Å². The van der Waals surface area contributed by atoms with Gasteiger partial charge in [-0.3, -0.25) is 4.79 Å². The number of carbonyl (C=O) groups excluding carboxylic acids is 4. The molecule has 12 heteroatoms. The van der Waals surface area contributed by atoms with E-state index in [0.29, 0.717) is 0 Å². The molecular formula is C6H3Na3O9. The second-order valence-electron chi connectivity index (χ2n) is 2.39. The van der Waals surface area contributed by atoms with Crippen molar-refractivity contribution in [2.45, 2.75) is 11.7 Å². The third-order valence-electron chi connectivity index (χ3n) is 1.46. The number of aliphatic hydroxyl groups is 2. The summed E-state index contributed by atoms with van der Waals surface area (Å²) in [4.78, 5) is 40.7. The van der Waals surface area contributed by atoms with Gasteiger partial charge in [-0.2, -0.15) is 0 Å². The average molecular weight is 288 g/mol. The second kappa shape index (κ2) is 10.7. The molecule has 0 fully saturated rings. The van der Waals surface area contributed by atoms with Crippen LogP contribution in [0.4, 0.5) is 0 Å². The zero-order valence-electron chi connectivity index (χ0n) is 9.83. The fraction of sp³-hybridized carbons (Fsp3) is 0.333. The fourth-order valence-electron chi connectivity index (χ4n) is 0.655. The molecule has 0 spiro atoms. The first-order valence-corrected chi connectivity index (χ1v) is 3.24. The average Bonchev–Trinajstić information content (AvgIpc) is 2.13. The van der Waals surface area contributed by atoms with E-state index < -0.39 is 35.4 Å². The molecule has 0 aromatic carbocycles. The predicted octanol–water partition coefficient (Wildman–Crippen LogP) is -16.1. The molecule has 0 radical (unpaired) electrons. The number of carboxylic acids is 3. The zero-order chi connectivity index (χ0) is 12.4. The Kier molecular flexibility index (Phi) is 16.3. The van der Waals surface area contributed by atoms with Gasteiger partial charge < -0.3 is 39.9 Å². The fourth-order valence-corrected chi connectivity index (χ4v) is 0.655. The van der Waals surface area contributed by atoms with Gasteiger partial charge in [0.1, 0.15) is 12.1 Å². The molecular weight excluding hydrogens is 285 g/mol. The van der Waals surface area contributed by atoms with Crippen LogP contribution in [0.1, 0.15) is 0 Å². The van der Waals surface area contributed by atoms with Crippen LogP contribution in [0, 0.1) is 0 Å². The van der Waals surface area contributed by atoms with Gasteiger partial charge in [0.25, 0.3) is 0 Å². The monoisotopic (exact) mass is 288 g/mol. The van der Waals surface area contributed by atoms with Crippen molar-refractivity contribution in [3.8, 4) is 0 Å². The molecule has 0 rings (SSSR count). The van der Waals surface area contributed by atoms with Crippen molar-refractivity contribution in [3.63, 3.8) is 0 Å². The second-order valence-corrected chi connectivity index (χ2v) is 2.39. The molecule has 0 aromatic rings. The van der Waals surface area contributed by atoms with Crippen LogP contribution >= 0.6 is 0 Å². The van der Waals surface area contributed by atoms with Crippen molar-refractivity contribution in [1.82, 2.24) is 0 Å². The minimum atomic E-state index is -4.14. The van der Waals surface area contributed by atoms with Crippen molar-refractivity contribution in [2.75, 3.05) is 0 Å². The van der Waals surface area contributed by atoms with Crippen LogP contribution < -0.4 is 104 Å². The van der Waals surface area contributed by atoms with Crippen LogP contribution in [0.25, 0.3) is 0 Å². The SMILES string of the molecule is O=C([O-])C(=O)C(O)(C(=O)[O-])C(O)C(=O)[O-].[Na+].[Na+].[Na+]. The maximum Gasteiger partial charge on any atom is 1.00 e. The van der Waals surface area contributed by atoms with E-state index in [9.17, 15) is 34.5 Å². The van der Waals surface area contributed by atoms with Crippen molar-refractivity contribution < 1.29 is 133 Å². The first-order chi connectivity index (χ1) is 6.65. The van der Waals surface area contributed by atoms with Crippen molar-refractivity contribution in [3.05, 3.63) is 0 Å². The first kappa shape index (κ1) is 27.4. The Bertz CT molecular complexity index is 343. The number of rotatable bonds is 5. The van der Waals surface area contributed by atoms with E-state index in [0.717, 1.165) is 0 Å². The Labute approximate surface area is 166 Å². The topological polar surface area (TPSA) is 178 Å². The predicted molar refractivity (Wildman–Crippen MR) is 31.0 cm³/mol. The van der Waals surface area contributed by atoms with E-state index in [1.807, 2.05) is 0 Å². The molecule has 18 heavy (non-hydrogen) atoms. The molecule has 0 aliphatic heterocycles. The number of hydrogen-bond donors (Lipinski definition) is 2. The molecule has 0 amide bonds. The van der Waals surface area contributed by atoms with Gasteiger partial charge in [-0.15, -0.1) is 0 Å².